The standard InChI is InChI=1S/C17H31N3S/c1-6-13-8-10-20(11-9-13)16-19-14(7-2)15(21-16)12-18-17(3,4)5/h13,18H,6-12H2,1-5H3. The Labute approximate surface area is 134 Å². The SMILES string of the molecule is CCc1nc(N2CCC(CC)CC2)sc1CNC(C)(C)C. The average molecular weight is 310 g/mol. The van der Waals surface area contributed by atoms with Gasteiger partial charge in [-0.2, -0.15) is 0 Å². The van der Waals surface area contributed by atoms with E-state index in [4.69, 9.17) is 4.98 Å². The zero-order chi connectivity index (χ0) is 15.5. The van der Waals surface area contributed by atoms with E-state index in [0.717, 1.165) is 18.9 Å². The van der Waals surface area contributed by atoms with Crippen LogP contribution in [0.5, 0.6) is 0 Å². The lowest BCUT2D eigenvalue weighted by Crippen LogP contribution is -2.35. The van der Waals surface area contributed by atoms with Crippen LogP contribution in [0.25, 0.3) is 0 Å². The Kier molecular flexibility index (Phi) is 5.67. The Hall–Kier alpha value is -0.610. The minimum Gasteiger partial charge on any atom is -0.348 e. The quantitative estimate of drug-likeness (QED) is 0.882. The lowest BCUT2D eigenvalue weighted by atomic mass is 9.95. The summed E-state index contributed by atoms with van der Waals surface area (Å²) in [6, 6.07) is 0. The molecular formula is C17H31N3S. The van der Waals surface area contributed by atoms with Crippen molar-refractivity contribution in [3.05, 3.63) is 10.6 Å². The molecule has 1 saturated heterocycles. The Balaban J connectivity index is 2.03. The normalized spacial score (nSPS) is 17.5. The van der Waals surface area contributed by atoms with Gasteiger partial charge in [0.05, 0.1) is 5.69 Å². The molecule has 0 aromatic carbocycles. The minimum atomic E-state index is 0.161. The molecule has 1 aromatic rings. The summed E-state index contributed by atoms with van der Waals surface area (Å²) in [6.45, 7) is 14.5. The Morgan fingerprint density at radius 1 is 1.24 bits per heavy atom. The van der Waals surface area contributed by atoms with E-state index >= 15 is 0 Å². The summed E-state index contributed by atoms with van der Waals surface area (Å²) >= 11 is 1.89. The van der Waals surface area contributed by atoms with E-state index < -0.39 is 0 Å². The van der Waals surface area contributed by atoms with Crippen LogP contribution in [0.1, 0.15) is 64.5 Å². The van der Waals surface area contributed by atoms with Crippen molar-refractivity contribution in [3.8, 4) is 0 Å². The summed E-state index contributed by atoms with van der Waals surface area (Å²) in [7, 11) is 0. The van der Waals surface area contributed by atoms with Gasteiger partial charge in [0.15, 0.2) is 5.13 Å². The molecule has 120 valence electrons. The molecule has 1 N–H and O–H groups in total. The van der Waals surface area contributed by atoms with Crippen molar-refractivity contribution in [1.29, 1.82) is 0 Å². The van der Waals surface area contributed by atoms with Gasteiger partial charge in [-0.3, -0.25) is 0 Å². The summed E-state index contributed by atoms with van der Waals surface area (Å²) in [5.74, 6) is 0.925. The number of thiazole rings is 1. The zero-order valence-electron chi connectivity index (χ0n) is 14.3. The molecule has 1 aromatic heterocycles. The summed E-state index contributed by atoms with van der Waals surface area (Å²) in [5.41, 5.74) is 1.44. The highest BCUT2D eigenvalue weighted by Gasteiger charge is 2.22. The maximum atomic E-state index is 4.91. The van der Waals surface area contributed by atoms with Crippen molar-refractivity contribution in [2.75, 3.05) is 18.0 Å². The van der Waals surface area contributed by atoms with Crippen molar-refractivity contribution in [1.82, 2.24) is 10.3 Å². The van der Waals surface area contributed by atoms with Crippen LogP contribution in [0.2, 0.25) is 0 Å². The number of nitrogens with one attached hydrogen (secondary N) is 1. The van der Waals surface area contributed by atoms with Gasteiger partial charge < -0.3 is 10.2 Å². The van der Waals surface area contributed by atoms with Gasteiger partial charge in [-0.15, -0.1) is 11.3 Å². The van der Waals surface area contributed by atoms with Crippen LogP contribution >= 0.6 is 11.3 Å². The first-order valence-corrected chi connectivity index (χ1v) is 9.23. The maximum absolute atomic E-state index is 4.91. The molecule has 0 radical (unpaired) electrons. The number of aromatic nitrogens is 1. The second-order valence-electron chi connectivity index (χ2n) is 7.16. The molecule has 1 aliphatic rings. The molecule has 0 atom stereocenters. The molecule has 1 aliphatic heterocycles. The molecule has 0 bridgehead atoms. The van der Waals surface area contributed by atoms with Crippen molar-refractivity contribution in [2.24, 2.45) is 5.92 Å². The Morgan fingerprint density at radius 2 is 1.90 bits per heavy atom. The van der Waals surface area contributed by atoms with E-state index in [1.165, 1.54) is 48.1 Å². The van der Waals surface area contributed by atoms with E-state index in [9.17, 15) is 0 Å². The largest absolute Gasteiger partial charge is 0.348 e. The smallest absolute Gasteiger partial charge is 0.185 e. The van der Waals surface area contributed by atoms with Gasteiger partial charge in [-0.25, -0.2) is 4.98 Å². The first-order valence-electron chi connectivity index (χ1n) is 8.41. The highest BCUT2D eigenvalue weighted by molar-refractivity contribution is 7.15. The van der Waals surface area contributed by atoms with Gasteiger partial charge in [0.2, 0.25) is 0 Å². The number of piperidine rings is 1. The van der Waals surface area contributed by atoms with Crippen LogP contribution in [-0.2, 0) is 13.0 Å². The fraction of sp³-hybridized carbons (Fsp3) is 0.824. The molecular weight excluding hydrogens is 278 g/mol. The van der Waals surface area contributed by atoms with Crippen LogP contribution < -0.4 is 10.2 Å². The summed E-state index contributed by atoms with van der Waals surface area (Å²) < 4.78 is 0. The number of aryl methyl sites for hydroxylation is 1. The third-order valence-electron chi connectivity index (χ3n) is 4.34. The second kappa shape index (κ2) is 7.10. The molecule has 0 amide bonds. The van der Waals surface area contributed by atoms with Crippen molar-refractivity contribution in [2.45, 2.75) is 72.4 Å². The molecule has 4 heteroatoms. The lowest BCUT2D eigenvalue weighted by Gasteiger charge is -2.31. The van der Waals surface area contributed by atoms with Gasteiger partial charge in [0, 0.05) is 30.1 Å². The van der Waals surface area contributed by atoms with E-state index in [1.54, 1.807) is 0 Å². The number of nitrogens with zero attached hydrogens (tertiary/aromatic N) is 2. The van der Waals surface area contributed by atoms with Crippen molar-refractivity contribution in [3.63, 3.8) is 0 Å². The van der Waals surface area contributed by atoms with Gasteiger partial charge >= 0.3 is 0 Å². The summed E-state index contributed by atoms with van der Waals surface area (Å²) in [6.07, 6.45) is 5.01. The fourth-order valence-electron chi connectivity index (χ4n) is 2.80. The molecule has 0 aliphatic carbocycles. The van der Waals surface area contributed by atoms with Gasteiger partial charge in [0.25, 0.3) is 0 Å². The summed E-state index contributed by atoms with van der Waals surface area (Å²) in [5, 5.41) is 4.84. The predicted molar refractivity (Wildman–Crippen MR) is 93.3 cm³/mol. The van der Waals surface area contributed by atoms with Crippen LogP contribution in [0.15, 0.2) is 0 Å². The molecule has 2 heterocycles. The highest BCUT2D eigenvalue weighted by atomic mass is 32.1. The van der Waals surface area contributed by atoms with Crippen LogP contribution in [0, 0.1) is 5.92 Å². The second-order valence-corrected chi connectivity index (χ2v) is 8.22. The molecule has 0 spiro atoms. The molecule has 2 rings (SSSR count). The van der Waals surface area contributed by atoms with Crippen LogP contribution in [-0.4, -0.2) is 23.6 Å². The van der Waals surface area contributed by atoms with Crippen molar-refractivity contribution < 1.29 is 0 Å². The number of hydrogen-bond acceptors (Lipinski definition) is 4. The van der Waals surface area contributed by atoms with E-state index in [2.05, 4.69) is 44.8 Å². The average Bonchev–Trinajstić information content (AvgIpc) is 2.88. The third kappa shape index (κ3) is 4.68. The van der Waals surface area contributed by atoms with E-state index in [0.29, 0.717) is 0 Å². The maximum Gasteiger partial charge on any atom is 0.185 e. The van der Waals surface area contributed by atoms with E-state index in [-0.39, 0.29) is 5.54 Å². The fourth-order valence-corrected chi connectivity index (χ4v) is 3.94. The van der Waals surface area contributed by atoms with Crippen LogP contribution in [0.4, 0.5) is 5.13 Å². The predicted octanol–water partition coefficient (Wildman–Crippen LogP) is 4.22. The number of hydrogen-bond donors (Lipinski definition) is 1. The molecule has 21 heavy (non-hydrogen) atoms. The van der Waals surface area contributed by atoms with Gasteiger partial charge in [0.1, 0.15) is 0 Å². The third-order valence-corrected chi connectivity index (χ3v) is 5.50. The summed E-state index contributed by atoms with van der Waals surface area (Å²) in [4.78, 5) is 8.82. The molecule has 0 saturated carbocycles. The highest BCUT2D eigenvalue weighted by Crippen LogP contribution is 2.31. The minimum absolute atomic E-state index is 0.161. The number of anilines is 1. The first-order chi connectivity index (χ1) is 9.93. The molecule has 0 unspecified atom stereocenters. The molecule has 1 fully saturated rings. The topological polar surface area (TPSA) is 28.2 Å². The van der Waals surface area contributed by atoms with E-state index in [1.807, 2.05) is 11.3 Å². The van der Waals surface area contributed by atoms with Gasteiger partial charge in [-0.05, 0) is 46.0 Å². The monoisotopic (exact) mass is 309 g/mol. The Morgan fingerprint density at radius 3 is 2.43 bits per heavy atom. The van der Waals surface area contributed by atoms with Gasteiger partial charge in [-0.1, -0.05) is 20.3 Å². The van der Waals surface area contributed by atoms with Crippen molar-refractivity contribution >= 4 is 16.5 Å². The van der Waals surface area contributed by atoms with Crippen LogP contribution in [0.3, 0.4) is 0 Å². The number of rotatable bonds is 5. The Bertz CT molecular complexity index is 439. The zero-order valence-corrected chi connectivity index (χ0v) is 15.1. The first kappa shape index (κ1) is 16.8. The molecule has 3 nitrogen and oxygen atoms in total. The lowest BCUT2D eigenvalue weighted by molar-refractivity contribution is 0.395.